The van der Waals surface area contributed by atoms with E-state index >= 15 is 0 Å². The van der Waals surface area contributed by atoms with Gasteiger partial charge < -0.3 is 14.2 Å². The first kappa shape index (κ1) is 21.8. The van der Waals surface area contributed by atoms with Gasteiger partial charge in [-0.15, -0.1) is 0 Å². The van der Waals surface area contributed by atoms with Gasteiger partial charge in [0, 0.05) is 28.3 Å². The molecule has 0 radical (unpaired) electrons. The van der Waals surface area contributed by atoms with Crippen LogP contribution < -0.4 is 14.2 Å². The monoisotopic (exact) mass is 438 g/mol. The van der Waals surface area contributed by atoms with Crippen LogP contribution in [0.3, 0.4) is 0 Å². The summed E-state index contributed by atoms with van der Waals surface area (Å²) < 4.78 is 16.4. The summed E-state index contributed by atoms with van der Waals surface area (Å²) in [6.45, 7) is 0. The molecule has 5 heteroatoms. The molecule has 4 rings (SSSR count). The fourth-order valence-corrected chi connectivity index (χ4v) is 3.35. The van der Waals surface area contributed by atoms with Crippen molar-refractivity contribution in [3.8, 4) is 23.0 Å². The third-order valence-electron chi connectivity index (χ3n) is 5.12. The lowest BCUT2D eigenvalue weighted by Gasteiger charge is -2.09. The van der Waals surface area contributed by atoms with E-state index < -0.39 is 0 Å². The molecule has 164 valence electrons. The molecule has 0 heterocycles. The van der Waals surface area contributed by atoms with Crippen LogP contribution in [0.1, 0.15) is 31.8 Å². The predicted octanol–water partition coefficient (Wildman–Crippen LogP) is 5.96. The number of hydrogen-bond donors (Lipinski definition) is 0. The molecule has 4 aromatic rings. The number of ether oxygens (including phenoxy) is 3. The van der Waals surface area contributed by atoms with E-state index in [-0.39, 0.29) is 11.6 Å². The molecule has 0 aliphatic heterocycles. The van der Waals surface area contributed by atoms with Gasteiger partial charge in [-0.25, -0.2) is 0 Å². The summed E-state index contributed by atoms with van der Waals surface area (Å²) >= 11 is 0. The van der Waals surface area contributed by atoms with Crippen molar-refractivity contribution >= 4 is 11.6 Å². The highest BCUT2D eigenvalue weighted by atomic mass is 16.5. The Bertz CT molecular complexity index is 1240. The number of benzene rings is 4. The van der Waals surface area contributed by atoms with Crippen molar-refractivity contribution < 1.29 is 23.8 Å². The lowest BCUT2D eigenvalue weighted by atomic mass is 10.0. The van der Waals surface area contributed by atoms with E-state index in [9.17, 15) is 9.59 Å². The van der Waals surface area contributed by atoms with Crippen LogP contribution in [0.5, 0.6) is 23.0 Å². The van der Waals surface area contributed by atoms with Gasteiger partial charge in [-0.2, -0.15) is 0 Å². The first-order valence-electron chi connectivity index (χ1n) is 10.3. The van der Waals surface area contributed by atoms with Crippen LogP contribution in [-0.4, -0.2) is 25.8 Å². The van der Waals surface area contributed by atoms with Gasteiger partial charge in [0.1, 0.15) is 23.0 Å². The highest BCUT2D eigenvalue weighted by molar-refractivity contribution is 6.09. The average molecular weight is 438 g/mol. The van der Waals surface area contributed by atoms with Gasteiger partial charge in [-0.1, -0.05) is 30.3 Å². The zero-order chi connectivity index (χ0) is 23.2. The van der Waals surface area contributed by atoms with Crippen molar-refractivity contribution in [1.29, 1.82) is 0 Å². The van der Waals surface area contributed by atoms with Crippen LogP contribution in [0, 0.1) is 0 Å². The first-order chi connectivity index (χ1) is 16.1. The van der Waals surface area contributed by atoms with Gasteiger partial charge in [0.2, 0.25) is 0 Å². The molecule has 5 nitrogen and oxygen atoms in total. The van der Waals surface area contributed by atoms with E-state index in [1.54, 1.807) is 93.1 Å². The zero-order valence-corrected chi connectivity index (χ0v) is 18.3. The second-order valence-electron chi connectivity index (χ2n) is 7.28. The number of carbonyl (C=O) groups is 2. The smallest absolute Gasteiger partial charge is 0.193 e. The topological polar surface area (TPSA) is 61.8 Å². The normalized spacial score (nSPS) is 10.4. The zero-order valence-electron chi connectivity index (χ0n) is 18.3. The number of methoxy groups -OCH3 is 2. The summed E-state index contributed by atoms with van der Waals surface area (Å²) in [6.07, 6.45) is 0. The summed E-state index contributed by atoms with van der Waals surface area (Å²) in [5.41, 5.74) is 2.21. The molecule has 33 heavy (non-hydrogen) atoms. The second kappa shape index (κ2) is 9.83. The summed E-state index contributed by atoms with van der Waals surface area (Å²) in [5, 5.41) is 0. The molecule has 0 aliphatic rings. The average Bonchev–Trinajstić information content (AvgIpc) is 2.89. The molecule has 0 amide bonds. The Morgan fingerprint density at radius 3 is 1.36 bits per heavy atom. The molecular weight excluding hydrogens is 416 g/mol. The molecule has 0 spiro atoms. The molecule has 4 aromatic carbocycles. The lowest BCUT2D eigenvalue weighted by molar-refractivity contribution is 0.103. The highest BCUT2D eigenvalue weighted by Gasteiger charge is 2.13. The minimum absolute atomic E-state index is 0.0424. The molecule has 0 aliphatic carbocycles. The van der Waals surface area contributed by atoms with Crippen molar-refractivity contribution in [2.45, 2.75) is 0 Å². The number of hydrogen-bond acceptors (Lipinski definition) is 5. The summed E-state index contributed by atoms with van der Waals surface area (Å²) in [7, 11) is 3.08. The maximum atomic E-state index is 12.9. The minimum Gasteiger partial charge on any atom is -0.497 e. The van der Waals surface area contributed by atoms with Crippen LogP contribution in [-0.2, 0) is 0 Å². The van der Waals surface area contributed by atoms with Gasteiger partial charge in [0.05, 0.1) is 14.2 Å². The standard InChI is InChI=1S/C28H22O5/c1-31-25-16-22(17-26(18-25)32-2)28(30)21-10-14-24(15-11-21)33-23-12-8-20(9-13-23)27(29)19-6-4-3-5-7-19/h3-18H,1-2H3. The maximum absolute atomic E-state index is 12.9. The fourth-order valence-electron chi connectivity index (χ4n) is 3.35. The summed E-state index contributed by atoms with van der Waals surface area (Å²) in [6, 6.07) is 28.0. The van der Waals surface area contributed by atoms with E-state index in [0.29, 0.717) is 45.3 Å². The minimum atomic E-state index is -0.150. The maximum Gasteiger partial charge on any atom is 0.193 e. The molecule has 0 fully saturated rings. The van der Waals surface area contributed by atoms with Gasteiger partial charge in [-0.05, 0) is 60.7 Å². The molecule has 0 saturated carbocycles. The molecule has 0 atom stereocenters. The molecule has 0 aromatic heterocycles. The predicted molar refractivity (Wildman–Crippen MR) is 126 cm³/mol. The van der Waals surface area contributed by atoms with Crippen LogP contribution in [0.25, 0.3) is 0 Å². The van der Waals surface area contributed by atoms with Crippen LogP contribution in [0.15, 0.2) is 97.1 Å². The Morgan fingerprint density at radius 2 is 0.909 bits per heavy atom. The summed E-state index contributed by atoms with van der Waals surface area (Å²) in [5.74, 6) is 2.08. The Hall–Kier alpha value is -4.38. The molecule has 0 N–H and O–H groups in total. The van der Waals surface area contributed by atoms with Crippen molar-refractivity contribution in [3.05, 3.63) is 119 Å². The second-order valence-corrected chi connectivity index (χ2v) is 7.28. The number of carbonyl (C=O) groups excluding carboxylic acids is 2. The highest BCUT2D eigenvalue weighted by Crippen LogP contribution is 2.26. The van der Waals surface area contributed by atoms with E-state index in [2.05, 4.69) is 0 Å². The van der Waals surface area contributed by atoms with E-state index in [1.807, 2.05) is 18.2 Å². The van der Waals surface area contributed by atoms with Gasteiger partial charge in [0.25, 0.3) is 0 Å². The lowest BCUT2D eigenvalue weighted by Crippen LogP contribution is -2.02. The molecular formula is C28H22O5. The van der Waals surface area contributed by atoms with E-state index in [4.69, 9.17) is 14.2 Å². The Morgan fingerprint density at radius 1 is 0.485 bits per heavy atom. The third-order valence-corrected chi connectivity index (χ3v) is 5.12. The van der Waals surface area contributed by atoms with Gasteiger partial charge in [-0.3, -0.25) is 9.59 Å². The Labute approximate surface area is 192 Å². The number of ketones is 2. The van der Waals surface area contributed by atoms with Crippen LogP contribution in [0.2, 0.25) is 0 Å². The Balaban J connectivity index is 1.46. The van der Waals surface area contributed by atoms with E-state index in [1.165, 1.54) is 0 Å². The van der Waals surface area contributed by atoms with Gasteiger partial charge >= 0.3 is 0 Å². The van der Waals surface area contributed by atoms with Crippen molar-refractivity contribution in [2.75, 3.05) is 14.2 Å². The first-order valence-corrected chi connectivity index (χ1v) is 10.3. The number of rotatable bonds is 8. The van der Waals surface area contributed by atoms with Gasteiger partial charge in [0.15, 0.2) is 11.6 Å². The SMILES string of the molecule is COc1cc(OC)cc(C(=O)c2ccc(Oc3ccc(C(=O)c4ccccc4)cc3)cc2)c1. The molecule has 0 bridgehead atoms. The van der Waals surface area contributed by atoms with Crippen LogP contribution in [0.4, 0.5) is 0 Å². The van der Waals surface area contributed by atoms with Crippen LogP contribution >= 0.6 is 0 Å². The third kappa shape index (κ3) is 5.10. The van der Waals surface area contributed by atoms with Crippen molar-refractivity contribution in [1.82, 2.24) is 0 Å². The Kier molecular flexibility index (Phi) is 6.51. The molecule has 0 saturated heterocycles. The van der Waals surface area contributed by atoms with Crippen molar-refractivity contribution in [2.24, 2.45) is 0 Å². The molecule has 0 unspecified atom stereocenters. The largest absolute Gasteiger partial charge is 0.497 e. The summed E-state index contributed by atoms with van der Waals surface area (Å²) in [4.78, 5) is 25.4. The fraction of sp³-hybridized carbons (Fsp3) is 0.0714. The van der Waals surface area contributed by atoms with Crippen molar-refractivity contribution in [3.63, 3.8) is 0 Å². The quantitative estimate of drug-likeness (QED) is 0.318. The van der Waals surface area contributed by atoms with E-state index in [0.717, 1.165) is 0 Å².